The summed E-state index contributed by atoms with van der Waals surface area (Å²) < 4.78 is 5.41. The molecule has 4 rings (SSSR count). The van der Waals surface area contributed by atoms with E-state index in [0.717, 1.165) is 44.1 Å². The second kappa shape index (κ2) is 10.8. The highest BCUT2D eigenvalue weighted by molar-refractivity contribution is 5.92. The lowest BCUT2D eigenvalue weighted by Crippen LogP contribution is -2.36. The van der Waals surface area contributed by atoms with Gasteiger partial charge in [0.1, 0.15) is 0 Å². The van der Waals surface area contributed by atoms with Crippen molar-refractivity contribution in [1.82, 2.24) is 5.32 Å². The molecule has 1 heterocycles. The van der Waals surface area contributed by atoms with Gasteiger partial charge in [-0.25, -0.2) is 0 Å². The summed E-state index contributed by atoms with van der Waals surface area (Å²) in [4.78, 5) is 14.9. The Morgan fingerprint density at radius 3 is 2.19 bits per heavy atom. The van der Waals surface area contributed by atoms with Gasteiger partial charge in [0.25, 0.3) is 0 Å². The molecule has 1 unspecified atom stereocenters. The molecule has 2 N–H and O–H groups in total. The summed E-state index contributed by atoms with van der Waals surface area (Å²) in [6.45, 7) is 3.57. The zero-order chi connectivity index (χ0) is 21.3. The highest BCUT2D eigenvalue weighted by Gasteiger charge is 2.14. The van der Waals surface area contributed by atoms with Crippen LogP contribution in [-0.2, 0) is 16.0 Å². The van der Waals surface area contributed by atoms with E-state index < -0.39 is 0 Å². The molecule has 0 bridgehead atoms. The Balaban J connectivity index is 1.34. The van der Waals surface area contributed by atoms with Crippen LogP contribution in [0, 0.1) is 0 Å². The first-order valence-corrected chi connectivity index (χ1v) is 10.8. The molecule has 1 amide bonds. The summed E-state index contributed by atoms with van der Waals surface area (Å²) in [5, 5.41) is 6.43. The van der Waals surface area contributed by atoms with Crippen LogP contribution in [0.3, 0.4) is 0 Å². The SMILES string of the molecule is O=C(CNC(Cc1ccccc1)c1ccccc1)Nc1ccc(N2CCOCC2)cc1. The quantitative estimate of drug-likeness (QED) is 0.583. The molecule has 1 saturated heterocycles. The first-order chi connectivity index (χ1) is 15.3. The number of nitrogens with one attached hydrogen (secondary N) is 2. The minimum Gasteiger partial charge on any atom is -0.378 e. The van der Waals surface area contributed by atoms with Crippen LogP contribution in [-0.4, -0.2) is 38.8 Å². The number of benzene rings is 3. The Labute approximate surface area is 184 Å². The number of morpholine rings is 1. The number of rotatable bonds is 8. The maximum atomic E-state index is 12.6. The number of hydrogen-bond donors (Lipinski definition) is 2. The Morgan fingerprint density at radius 1 is 0.871 bits per heavy atom. The van der Waals surface area contributed by atoms with Crippen LogP contribution in [0.1, 0.15) is 17.2 Å². The van der Waals surface area contributed by atoms with E-state index in [4.69, 9.17) is 4.74 Å². The van der Waals surface area contributed by atoms with Crippen LogP contribution in [0.5, 0.6) is 0 Å². The largest absolute Gasteiger partial charge is 0.378 e. The van der Waals surface area contributed by atoms with Crippen molar-refractivity contribution in [3.63, 3.8) is 0 Å². The van der Waals surface area contributed by atoms with Gasteiger partial charge in [0.05, 0.1) is 19.8 Å². The minimum atomic E-state index is -0.0480. The monoisotopic (exact) mass is 415 g/mol. The molecule has 0 aliphatic carbocycles. The predicted octanol–water partition coefficient (Wildman–Crippen LogP) is 4.04. The van der Waals surface area contributed by atoms with E-state index in [2.05, 4.69) is 51.9 Å². The van der Waals surface area contributed by atoms with Crippen molar-refractivity contribution < 1.29 is 9.53 Å². The molecule has 1 aliphatic heterocycles. The van der Waals surface area contributed by atoms with Crippen molar-refractivity contribution in [3.8, 4) is 0 Å². The molecule has 1 fully saturated rings. The lowest BCUT2D eigenvalue weighted by molar-refractivity contribution is -0.115. The van der Waals surface area contributed by atoms with E-state index in [9.17, 15) is 4.79 Å². The average molecular weight is 416 g/mol. The lowest BCUT2D eigenvalue weighted by atomic mass is 9.99. The molecular formula is C26H29N3O2. The van der Waals surface area contributed by atoms with E-state index in [0.29, 0.717) is 0 Å². The number of carbonyl (C=O) groups excluding carboxylic acids is 1. The first-order valence-electron chi connectivity index (χ1n) is 10.8. The fraction of sp³-hybridized carbons (Fsp3) is 0.269. The number of ether oxygens (including phenoxy) is 1. The third-order valence-corrected chi connectivity index (χ3v) is 5.52. The predicted molar refractivity (Wildman–Crippen MR) is 125 cm³/mol. The van der Waals surface area contributed by atoms with Crippen molar-refractivity contribution in [2.24, 2.45) is 0 Å². The van der Waals surface area contributed by atoms with Gasteiger partial charge in [0, 0.05) is 30.5 Å². The van der Waals surface area contributed by atoms with Crippen molar-refractivity contribution in [2.75, 3.05) is 43.1 Å². The van der Waals surface area contributed by atoms with Crippen LogP contribution in [0.4, 0.5) is 11.4 Å². The van der Waals surface area contributed by atoms with Crippen LogP contribution < -0.4 is 15.5 Å². The molecule has 1 aliphatic rings. The number of nitrogens with zero attached hydrogens (tertiary/aromatic N) is 1. The van der Waals surface area contributed by atoms with Crippen molar-refractivity contribution in [1.29, 1.82) is 0 Å². The van der Waals surface area contributed by atoms with Crippen LogP contribution in [0.15, 0.2) is 84.9 Å². The third kappa shape index (κ3) is 6.17. The molecule has 5 heteroatoms. The van der Waals surface area contributed by atoms with Gasteiger partial charge in [0.2, 0.25) is 5.91 Å². The van der Waals surface area contributed by atoms with E-state index in [1.54, 1.807) is 0 Å². The summed E-state index contributed by atoms with van der Waals surface area (Å²) >= 11 is 0. The Morgan fingerprint density at radius 2 is 1.52 bits per heavy atom. The molecule has 3 aromatic carbocycles. The van der Waals surface area contributed by atoms with Crippen LogP contribution in [0.25, 0.3) is 0 Å². The van der Waals surface area contributed by atoms with Gasteiger partial charge in [-0.3, -0.25) is 4.79 Å². The Bertz CT molecular complexity index is 939. The van der Waals surface area contributed by atoms with E-state index in [-0.39, 0.29) is 18.5 Å². The molecule has 0 aromatic heterocycles. The zero-order valence-electron chi connectivity index (χ0n) is 17.7. The van der Waals surface area contributed by atoms with E-state index in [1.165, 1.54) is 11.1 Å². The highest BCUT2D eigenvalue weighted by Crippen LogP contribution is 2.20. The molecule has 0 radical (unpaired) electrons. The molecule has 0 spiro atoms. The molecular weight excluding hydrogens is 386 g/mol. The fourth-order valence-electron chi connectivity index (χ4n) is 3.84. The second-order valence-corrected chi connectivity index (χ2v) is 7.73. The molecule has 5 nitrogen and oxygen atoms in total. The van der Waals surface area contributed by atoms with Crippen molar-refractivity contribution >= 4 is 17.3 Å². The summed E-state index contributed by atoms with van der Waals surface area (Å²) in [6, 6.07) is 28.7. The summed E-state index contributed by atoms with van der Waals surface area (Å²) in [5.74, 6) is -0.0480. The third-order valence-electron chi connectivity index (χ3n) is 5.52. The summed E-state index contributed by atoms with van der Waals surface area (Å²) in [7, 11) is 0. The lowest BCUT2D eigenvalue weighted by Gasteiger charge is -2.28. The maximum absolute atomic E-state index is 12.6. The van der Waals surface area contributed by atoms with Crippen LogP contribution >= 0.6 is 0 Å². The van der Waals surface area contributed by atoms with Gasteiger partial charge in [-0.05, 0) is 41.8 Å². The summed E-state index contributed by atoms with van der Waals surface area (Å²) in [5.41, 5.74) is 4.38. The van der Waals surface area contributed by atoms with Gasteiger partial charge in [-0.15, -0.1) is 0 Å². The van der Waals surface area contributed by atoms with Crippen molar-refractivity contribution in [3.05, 3.63) is 96.1 Å². The average Bonchev–Trinajstić information content (AvgIpc) is 2.84. The molecule has 160 valence electrons. The van der Waals surface area contributed by atoms with Gasteiger partial charge >= 0.3 is 0 Å². The molecule has 0 saturated carbocycles. The maximum Gasteiger partial charge on any atom is 0.238 e. The van der Waals surface area contributed by atoms with Gasteiger partial charge < -0.3 is 20.3 Å². The number of hydrogen-bond acceptors (Lipinski definition) is 4. The minimum absolute atomic E-state index is 0.0480. The second-order valence-electron chi connectivity index (χ2n) is 7.73. The standard InChI is InChI=1S/C26H29N3O2/c30-26(28-23-11-13-24(14-12-23)29-15-17-31-18-16-29)20-27-25(22-9-5-2-6-10-22)19-21-7-3-1-4-8-21/h1-14,25,27H,15-20H2,(H,28,30). The molecule has 3 aromatic rings. The fourth-order valence-corrected chi connectivity index (χ4v) is 3.84. The van der Waals surface area contributed by atoms with Gasteiger partial charge in [-0.1, -0.05) is 60.7 Å². The number of amides is 1. The van der Waals surface area contributed by atoms with Gasteiger partial charge in [-0.2, -0.15) is 0 Å². The first kappa shape index (κ1) is 21.1. The van der Waals surface area contributed by atoms with Crippen LogP contribution in [0.2, 0.25) is 0 Å². The number of carbonyl (C=O) groups is 1. The van der Waals surface area contributed by atoms with E-state index in [1.807, 2.05) is 48.5 Å². The molecule has 31 heavy (non-hydrogen) atoms. The van der Waals surface area contributed by atoms with E-state index >= 15 is 0 Å². The van der Waals surface area contributed by atoms with Crippen molar-refractivity contribution in [2.45, 2.75) is 12.5 Å². The Kier molecular flexibility index (Phi) is 7.32. The number of anilines is 2. The topological polar surface area (TPSA) is 53.6 Å². The highest BCUT2D eigenvalue weighted by atomic mass is 16.5. The Hall–Kier alpha value is -3.15. The molecule has 1 atom stereocenters. The van der Waals surface area contributed by atoms with Gasteiger partial charge in [0.15, 0.2) is 0 Å². The summed E-state index contributed by atoms with van der Waals surface area (Å²) in [6.07, 6.45) is 0.826. The zero-order valence-corrected chi connectivity index (χ0v) is 17.7. The smallest absolute Gasteiger partial charge is 0.238 e. The normalized spacial score (nSPS) is 14.8.